The lowest BCUT2D eigenvalue weighted by Gasteiger charge is -2.11. The Morgan fingerprint density at radius 1 is 1.08 bits per heavy atom. The number of rotatable bonds is 6. The van der Waals surface area contributed by atoms with Gasteiger partial charge in [-0.3, -0.25) is 9.59 Å². The lowest BCUT2D eigenvalue weighted by atomic mass is 10.1. The summed E-state index contributed by atoms with van der Waals surface area (Å²) in [4.78, 5) is 25.1. The van der Waals surface area contributed by atoms with Gasteiger partial charge in [0.2, 0.25) is 0 Å². The summed E-state index contributed by atoms with van der Waals surface area (Å²) >= 11 is 6.05. The molecule has 0 radical (unpaired) electrons. The second kappa shape index (κ2) is 8.31. The van der Waals surface area contributed by atoms with E-state index in [9.17, 15) is 9.59 Å². The first kappa shape index (κ1) is 17.8. The summed E-state index contributed by atoms with van der Waals surface area (Å²) in [6.07, 6.45) is 3.16. The van der Waals surface area contributed by atoms with Crippen LogP contribution in [0.25, 0.3) is 6.08 Å². The van der Waals surface area contributed by atoms with Crippen molar-refractivity contribution in [3.63, 3.8) is 0 Å². The molecule has 124 valence electrons. The molecule has 2 aromatic rings. The first-order valence-corrected chi connectivity index (χ1v) is 7.75. The van der Waals surface area contributed by atoms with E-state index in [1.165, 1.54) is 11.0 Å². The van der Waals surface area contributed by atoms with E-state index in [1.54, 1.807) is 50.5 Å². The Morgan fingerprint density at radius 3 is 2.38 bits per heavy atom. The second-order valence-electron chi connectivity index (χ2n) is 5.32. The molecule has 0 N–H and O–H groups in total. The quantitative estimate of drug-likeness (QED) is 0.593. The van der Waals surface area contributed by atoms with E-state index in [1.807, 2.05) is 18.2 Å². The van der Waals surface area contributed by atoms with Crippen LogP contribution < -0.4 is 4.74 Å². The number of allylic oxidation sites excluding steroid dienone is 1. The number of carbonyl (C=O) groups is 2. The number of ether oxygens (including phenoxy) is 1. The molecule has 0 aliphatic carbocycles. The molecule has 0 atom stereocenters. The van der Waals surface area contributed by atoms with Crippen molar-refractivity contribution < 1.29 is 14.3 Å². The van der Waals surface area contributed by atoms with E-state index in [4.69, 9.17) is 16.3 Å². The number of benzene rings is 2. The Bertz CT molecular complexity index is 751. The van der Waals surface area contributed by atoms with E-state index < -0.39 is 0 Å². The zero-order valence-corrected chi connectivity index (χ0v) is 14.3. The average Bonchev–Trinajstić information content (AvgIpc) is 2.59. The minimum absolute atomic E-state index is 0.0350. The zero-order valence-electron chi connectivity index (χ0n) is 13.5. The van der Waals surface area contributed by atoms with Crippen LogP contribution >= 0.6 is 11.6 Å². The number of amides is 1. The molecule has 0 saturated carbocycles. The van der Waals surface area contributed by atoms with Crippen LogP contribution in [0.2, 0.25) is 5.02 Å². The SMILES string of the molecule is CN(C)C(=O)COc1ccc(C(=O)C=Cc2ccccc2Cl)cc1. The maximum Gasteiger partial charge on any atom is 0.259 e. The Hall–Kier alpha value is -2.59. The van der Waals surface area contributed by atoms with Crippen LogP contribution in [0.3, 0.4) is 0 Å². The third-order valence-corrected chi connectivity index (χ3v) is 3.66. The largest absolute Gasteiger partial charge is 0.484 e. The summed E-state index contributed by atoms with van der Waals surface area (Å²) in [5, 5.41) is 0.593. The highest BCUT2D eigenvalue weighted by Gasteiger charge is 2.06. The second-order valence-corrected chi connectivity index (χ2v) is 5.73. The van der Waals surface area contributed by atoms with E-state index in [-0.39, 0.29) is 18.3 Å². The monoisotopic (exact) mass is 343 g/mol. The van der Waals surface area contributed by atoms with E-state index in [0.29, 0.717) is 16.3 Å². The molecule has 0 fully saturated rings. The number of hydrogen-bond acceptors (Lipinski definition) is 3. The highest BCUT2D eigenvalue weighted by Crippen LogP contribution is 2.17. The predicted molar refractivity (Wildman–Crippen MR) is 95.4 cm³/mol. The van der Waals surface area contributed by atoms with Crippen molar-refractivity contribution in [2.45, 2.75) is 0 Å². The molecule has 0 aliphatic heterocycles. The van der Waals surface area contributed by atoms with Crippen LogP contribution in [-0.4, -0.2) is 37.3 Å². The van der Waals surface area contributed by atoms with Gasteiger partial charge in [0.05, 0.1) is 0 Å². The Balaban J connectivity index is 1.98. The third-order valence-electron chi connectivity index (χ3n) is 3.32. The molecular weight excluding hydrogens is 326 g/mol. The van der Waals surface area contributed by atoms with Crippen LogP contribution in [0.5, 0.6) is 5.75 Å². The third kappa shape index (κ3) is 4.96. The molecule has 0 saturated heterocycles. The minimum Gasteiger partial charge on any atom is -0.484 e. The summed E-state index contributed by atoms with van der Waals surface area (Å²) in [7, 11) is 3.33. The van der Waals surface area contributed by atoms with Crippen LogP contribution in [0, 0.1) is 0 Å². The highest BCUT2D eigenvalue weighted by molar-refractivity contribution is 6.32. The maximum atomic E-state index is 12.2. The summed E-state index contributed by atoms with van der Waals surface area (Å²) in [5.41, 5.74) is 1.32. The van der Waals surface area contributed by atoms with Gasteiger partial charge in [0.1, 0.15) is 5.75 Å². The molecule has 0 bridgehead atoms. The number of carbonyl (C=O) groups excluding carboxylic acids is 2. The summed E-state index contributed by atoms with van der Waals surface area (Å²) in [6, 6.07) is 14.0. The Kier molecular flexibility index (Phi) is 6.15. The summed E-state index contributed by atoms with van der Waals surface area (Å²) in [5.74, 6) is 0.278. The number of halogens is 1. The van der Waals surface area contributed by atoms with Crippen LogP contribution in [0.15, 0.2) is 54.6 Å². The molecule has 2 rings (SSSR count). The van der Waals surface area contributed by atoms with Crippen molar-refractivity contribution >= 4 is 29.4 Å². The number of likely N-dealkylation sites (N-methyl/N-ethyl adjacent to an activating group) is 1. The van der Waals surface area contributed by atoms with E-state index in [2.05, 4.69) is 0 Å². The summed E-state index contributed by atoms with van der Waals surface area (Å²) in [6.45, 7) is -0.0350. The fourth-order valence-electron chi connectivity index (χ4n) is 1.86. The molecule has 24 heavy (non-hydrogen) atoms. The van der Waals surface area contributed by atoms with Gasteiger partial charge in [-0.05, 0) is 48.0 Å². The van der Waals surface area contributed by atoms with Gasteiger partial charge in [0, 0.05) is 24.7 Å². The molecule has 5 heteroatoms. The predicted octanol–water partition coefficient (Wildman–Crippen LogP) is 3.70. The van der Waals surface area contributed by atoms with Crippen LogP contribution in [0.1, 0.15) is 15.9 Å². The lowest BCUT2D eigenvalue weighted by molar-refractivity contribution is -0.130. The van der Waals surface area contributed by atoms with Crippen molar-refractivity contribution in [2.75, 3.05) is 20.7 Å². The molecule has 0 aliphatic rings. The first-order valence-electron chi connectivity index (χ1n) is 7.37. The molecular formula is C19H18ClNO3. The van der Waals surface area contributed by atoms with Gasteiger partial charge in [0.25, 0.3) is 5.91 Å². The molecule has 0 aromatic heterocycles. The van der Waals surface area contributed by atoms with Crippen molar-refractivity contribution in [1.29, 1.82) is 0 Å². The van der Waals surface area contributed by atoms with Gasteiger partial charge in [-0.1, -0.05) is 29.8 Å². The fraction of sp³-hybridized carbons (Fsp3) is 0.158. The standard InChI is InChI=1S/C19H18ClNO3/c1-21(2)19(23)13-24-16-10-7-15(8-11-16)18(22)12-9-14-5-3-4-6-17(14)20/h3-12H,13H2,1-2H3. The van der Waals surface area contributed by atoms with Gasteiger partial charge in [-0.15, -0.1) is 0 Å². The van der Waals surface area contributed by atoms with E-state index in [0.717, 1.165) is 5.56 Å². The van der Waals surface area contributed by atoms with E-state index >= 15 is 0 Å². The van der Waals surface area contributed by atoms with Gasteiger partial charge >= 0.3 is 0 Å². The number of hydrogen-bond donors (Lipinski definition) is 0. The highest BCUT2D eigenvalue weighted by atomic mass is 35.5. The van der Waals surface area contributed by atoms with Gasteiger partial charge in [-0.2, -0.15) is 0 Å². The lowest BCUT2D eigenvalue weighted by Crippen LogP contribution is -2.27. The minimum atomic E-state index is -0.133. The number of ketones is 1. The molecule has 4 nitrogen and oxygen atoms in total. The van der Waals surface area contributed by atoms with Crippen LogP contribution in [0.4, 0.5) is 0 Å². The van der Waals surface area contributed by atoms with Gasteiger partial charge in [0.15, 0.2) is 12.4 Å². The topological polar surface area (TPSA) is 46.6 Å². The first-order chi connectivity index (χ1) is 11.5. The number of nitrogens with zero attached hydrogens (tertiary/aromatic N) is 1. The summed E-state index contributed by atoms with van der Waals surface area (Å²) < 4.78 is 5.37. The van der Waals surface area contributed by atoms with Crippen molar-refractivity contribution in [3.05, 3.63) is 70.8 Å². The normalized spacial score (nSPS) is 10.6. The Morgan fingerprint density at radius 2 is 1.75 bits per heavy atom. The van der Waals surface area contributed by atoms with Gasteiger partial charge < -0.3 is 9.64 Å². The average molecular weight is 344 g/mol. The maximum absolute atomic E-state index is 12.2. The molecule has 1 amide bonds. The van der Waals surface area contributed by atoms with Crippen molar-refractivity contribution in [3.8, 4) is 5.75 Å². The molecule has 0 spiro atoms. The Labute approximate surface area is 146 Å². The zero-order chi connectivity index (χ0) is 17.5. The van der Waals surface area contributed by atoms with Gasteiger partial charge in [-0.25, -0.2) is 0 Å². The van der Waals surface area contributed by atoms with Crippen molar-refractivity contribution in [2.24, 2.45) is 0 Å². The smallest absolute Gasteiger partial charge is 0.259 e. The van der Waals surface area contributed by atoms with Crippen LogP contribution in [-0.2, 0) is 4.79 Å². The fourth-order valence-corrected chi connectivity index (χ4v) is 2.06. The molecule has 0 heterocycles. The molecule has 2 aromatic carbocycles. The van der Waals surface area contributed by atoms with Crippen molar-refractivity contribution in [1.82, 2.24) is 4.90 Å². The molecule has 0 unspecified atom stereocenters.